The summed E-state index contributed by atoms with van der Waals surface area (Å²) in [4.78, 5) is 0. The van der Waals surface area contributed by atoms with Crippen molar-refractivity contribution in [2.75, 3.05) is 26.2 Å². The molecule has 0 radical (unpaired) electrons. The van der Waals surface area contributed by atoms with Gasteiger partial charge < -0.3 is 10.1 Å². The van der Waals surface area contributed by atoms with Gasteiger partial charge in [-0.2, -0.15) is 0 Å². The van der Waals surface area contributed by atoms with Crippen molar-refractivity contribution in [3.8, 4) is 0 Å². The molecule has 0 aromatic carbocycles. The Kier molecular flexibility index (Phi) is 5.41. The van der Waals surface area contributed by atoms with Crippen LogP contribution in [0.3, 0.4) is 0 Å². The fraction of sp³-hybridized carbons (Fsp3) is 1.00. The summed E-state index contributed by atoms with van der Waals surface area (Å²) in [5, 5.41) is 2.94. The lowest BCUT2D eigenvalue weighted by atomic mass is 10.2. The number of hydrogen-bond donors (Lipinski definition) is 2. The van der Waals surface area contributed by atoms with Gasteiger partial charge in [0.25, 0.3) is 0 Å². The summed E-state index contributed by atoms with van der Waals surface area (Å²) in [5.41, 5.74) is 0. The fourth-order valence-corrected chi connectivity index (χ4v) is 4.15. The second-order valence-corrected chi connectivity index (χ2v) is 7.21. The van der Waals surface area contributed by atoms with Crippen molar-refractivity contribution in [3.63, 3.8) is 0 Å². The highest BCUT2D eigenvalue weighted by Crippen LogP contribution is 2.20. The fourth-order valence-electron chi connectivity index (χ4n) is 2.69. The first kappa shape index (κ1) is 14.2. The van der Waals surface area contributed by atoms with Crippen LogP contribution in [0.4, 0.5) is 0 Å². The summed E-state index contributed by atoms with van der Waals surface area (Å²) in [5.74, 6) is 0. The Hall–Kier alpha value is -0.170. The first-order valence-electron chi connectivity index (χ1n) is 6.99. The largest absolute Gasteiger partial charge is 0.377 e. The standard InChI is InChI=1S/C12H24N2O3S/c15-18(16,12-5-7-13-8-6-12)14-9-10-17-11-3-1-2-4-11/h11-14H,1-10H2. The first-order chi connectivity index (χ1) is 8.68. The third kappa shape index (κ3) is 4.19. The summed E-state index contributed by atoms with van der Waals surface area (Å²) in [6.45, 7) is 2.49. The van der Waals surface area contributed by atoms with Gasteiger partial charge >= 0.3 is 0 Å². The Bertz CT molecular complexity index is 333. The molecule has 0 bridgehead atoms. The highest BCUT2D eigenvalue weighted by molar-refractivity contribution is 7.90. The molecular formula is C12H24N2O3S. The molecule has 5 nitrogen and oxygen atoms in total. The summed E-state index contributed by atoms with van der Waals surface area (Å²) >= 11 is 0. The Morgan fingerprint density at radius 1 is 1.11 bits per heavy atom. The van der Waals surface area contributed by atoms with Crippen molar-refractivity contribution in [3.05, 3.63) is 0 Å². The van der Waals surface area contributed by atoms with Crippen molar-refractivity contribution in [1.82, 2.24) is 10.0 Å². The number of hydrogen-bond acceptors (Lipinski definition) is 4. The van der Waals surface area contributed by atoms with E-state index in [1.54, 1.807) is 0 Å². The van der Waals surface area contributed by atoms with Crippen LogP contribution in [0, 0.1) is 0 Å². The molecule has 2 aliphatic rings. The topological polar surface area (TPSA) is 67.4 Å². The summed E-state index contributed by atoms with van der Waals surface area (Å²) in [6, 6.07) is 0. The minimum Gasteiger partial charge on any atom is -0.377 e. The molecule has 1 saturated carbocycles. The van der Waals surface area contributed by atoms with Gasteiger partial charge in [0.15, 0.2) is 0 Å². The van der Waals surface area contributed by atoms with E-state index in [0.29, 0.717) is 32.1 Å². The Labute approximate surface area is 110 Å². The Morgan fingerprint density at radius 3 is 2.44 bits per heavy atom. The van der Waals surface area contributed by atoms with E-state index in [9.17, 15) is 8.42 Å². The monoisotopic (exact) mass is 276 g/mol. The Balaban J connectivity index is 1.64. The normalized spacial score (nSPS) is 23.6. The van der Waals surface area contributed by atoms with Crippen LogP contribution in [0.5, 0.6) is 0 Å². The molecule has 106 valence electrons. The molecule has 0 amide bonds. The van der Waals surface area contributed by atoms with Crippen LogP contribution >= 0.6 is 0 Å². The highest BCUT2D eigenvalue weighted by atomic mass is 32.2. The van der Waals surface area contributed by atoms with Gasteiger partial charge in [0, 0.05) is 6.54 Å². The van der Waals surface area contributed by atoms with Crippen LogP contribution in [-0.2, 0) is 14.8 Å². The molecule has 0 aromatic heterocycles. The lowest BCUT2D eigenvalue weighted by Crippen LogP contribution is -2.42. The van der Waals surface area contributed by atoms with Crippen molar-refractivity contribution in [1.29, 1.82) is 0 Å². The zero-order valence-corrected chi connectivity index (χ0v) is 11.7. The average Bonchev–Trinajstić information content (AvgIpc) is 2.89. The van der Waals surface area contributed by atoms with E-state index in [1.165, 1.54) is 12.8 Å². The van der Waals surface area contributed by atoms with Gasteiger partial charge in [-0.3, -0.25) is 0 Å². The molecule has 1 saturated heterocycles. The number of rotatable bonds is 6. The van der Waals surface area contributed by atoms with Gasteiger partial charge in [0.05, 0.1) is 18.0 Å². The maximum absolute atomic E-state index is 12.0. The van der Waals surface area contributed by atoms with Gasteiger partial charge in [-0.05, 0) is 38.8 Å². The van der Waals surface area contributed by atoms with Gasteiger partial charge in [-0.1, -0.05) is 12.8 Å². The van der Waals surface area contributed by atoms with Gasteiger partial charge in [-0.15, -0.1) is 0 Å². The third-order valence-electron chi connectivity index (χ3n) is 3.79. The van der Waals surface area contributed by atoms with E-state index in [4.69, 9.17) is 4.74 Å². The number of nitrogens with one attached hydrogen (secondary N) is 2. The van der Waals surface area contributed by atoms with E-state index in [-0.39, 0.29) is 5.25 Å². The zero-order chi connectivity index (χ0) is 12.8. The summed E-state index contributed by atoms with van der Waals surface area (Å²) < 4.78 is 32.3. The van der Waals surface area contributed by atoms with Crippen LogP contribution < -0.4 is 10.0 Å². The molecular weight excluding hydrogens is 252 g/mol. The van der Waals surface area contributed by atoms with E-state index < -0.39 is 10.0 Å². The van der Waals surface area contributed by atoms with E-state index >= 15 is 0 Å². The van der Waals surface area contributed by atoms with Crippen molar-refractivity contribution in [2.45, 2.75) is 49.9 Å². The molecule has 2 N–H and O–H groups in total. The number of sulfonamides is 1. The molecule has 18 heavy (non-hydrogen) atoms. The molecule has 6 heteroatoms. The van der Waals surface area contributed by atoms with Crippen molar-refractivity contribution >= 4 is 10.0 Å². The maximum atomic E-state index is 12.0. The number of piperidine rings is 1. The summed E-state index contributed by atoms with van der Waals surface area (Å²) in [7, 11) is -3.15. The molecule has 2 rings (SSSR count). The van der Waals surface area contributed by atoms with Crippen LogP contribution in [0.1, 0.15) is 38.5 Å². The van der Waals surface area contributed by atoms with Crippen LogP contribution in [0.15, 0.2) is 0 Å². The van der Waals surface area contributed by atoms with Gasteiger partial charge in [0.1, 0.15) is 0 Å². The molecule has 0 aromatic rings. The lowest BCUT2D eigenvalue weighted by molar-refractivity contribution is 0.0626. The average molecular weight is 276 g/mol. The lowest BCUT2D eigenvalue weighted by Gasteiger charge is -2.23. The maximum Gasteiger partial charge on any atom is 0.214 e. The second-order valence-electron chi connectivity index (χ2n) is 5.17. The molecule has 1 heterocycles. The summed E-state index contributed by atoms with van der Waals surface area (Å²) in [6.07, 6.45) is 6.50. The molecule has 0 spiro atoms. The van der Waals surface area contributed by atoms with E-state index in [1.807, 2.05) is 0 Å². The quantitative estimate of drug-likeness (QED) is 0.698. The molecule has 2 fully saturated rings. The van der Waals surface area contributed by atoms with Crippen LogP contribution in [-0.4, -0.2) is 46.0 Å². The predicted molar refractivity (Wildman–Crippen MR) is 71.0 cm³/mol. The molecule has 0 atom stereocenters. The second kappa shape index (κ2) is 6.84. The van der Waals surface area contributed by atoms with Crippen LogP contribution in [0.25, 0.3) is 0 Å². The smallest absolute Gasteiger partial charge is 0.214 e. The molecule has 1 aliphatic heterocycles. The van der Waals surface area contributed by atoms with Crippen molar-refractivity contribution in [2.24, 2.45) is 0 Å². The predicted octanol–water partition coefficient (Wildman–Crippen LogP) is 0.617. The first-order valence-corrected chi connectivity index (χ1v) is 8.54. The molecule has 0 unspecified atom stereocenters. The Morgan fingerprint density at radius 2 is 1.78 bits per heavy atom. The van der Waals surface area contributed by atoms with Crippen LogP contribution in [0.2, 0.25) is 0 Å². The van der Waals surface area contributed by atoms with E-state index in [2.05, 4.69) is 10.0 Å². The van der Waals surface area contributed by atoms with E-state index in [0.717, 1.165) is 25.9 Å². The number of ether oxygens (including phenoxy) is 1. The third-order valence-corrected chi connectivity index (χ3v) is 5.74. The minimum atomic E-state index is -3.15. The van der Waals surface area contributed by atoms with Gasteiger partial charge in [0.2, 0.25) is 10.0 Å². The van der Waals surface area contributed by atoms with Crippen molar-refractivity contribution < 1.29 is 13.2 Å². The highest BCUT2D eigenvalue weighted by Gasteiger charge is 2.26. The zero-order valence-electron chi connectivity index (χ0n) is 10.9. The SMILES string of the molecule is O=S(=O)(NCCOC1CCCC1)C1CCNCC1. The molecule has 1 aliphatic carbocycles. The van der Waals surface area contributed by atoms with Gasteiger partial charge in [-0.25, -0.2) is 13.1 Å². The minimum absolute atomic E-state index is 0.231.